The number of nitrogens with one attached hydrogen (secondary N) is 1. The van der Waals surface area contributed by atoms with Gasteiger partial charge in [-0.05, 0) is 29.8 Å². The van der Waals surface area contributed by atoms with E-state index in [-0.39, 0.29) is 16.9 Å². The molecular weight excluding hydrogens is 270 g/mol. The molecule has 0 unspecified atom stereocenters. The summed E-state index contributed by atoms with van der Waals surface area (Å²) in [5.74, 6) is -2.44. The van der Waals surface area contributed by atoms with E-state index >= 15 is 0 Å². The number of phenolic OH excluding ortho intramolecular Hbond substituents is 1. The molecule has 0 radical (unpaired) electrons. The zero-order valence-corrected chi connectivity index (χ0v) is 11.0. The van der Waals surface area contributed by atoms with E-state index in [1.165, 1.54) is 36.4 Å². The third-order valence-corrected chi connectivity index (χ3v) is 2.72. The molecule has 1 amide bonds. The lowest BCUT2D eigenvalue weighted by Crippen LogP contribution is -2.42. The van der Waals surface area contributed by atoms with Crippen LogP contribution in [0, 0.1) is 0 Å². The number of amides is 1. The Morgan fingerprint density at radius 3 is 2.33 bits per heavy atom. The SMILES string of the molecule is [2H][C@@H](c1ccc(O)cc1)[C@]([2H])(NC(=O)c1ccccc1)C(=O)O. The molecule has 0 heterocycles. The van der Waals surface area contributed by atoms with Crippen LogP contribution < -0.4 is 5.32 Å². The number of hydrogen-bond acceptors (Lipinski definition) is 3. The highest BCUT2D eigenvalue weighted by atomic mass is 16.4. The third-order valence-electron chi connectivity index (χ3n) is 2.72. The summed E-state index contributed by atoms with van der Waals surface area (Å²) in [6, 6.07) is 10.6. The normalized spacial score (nSPS) is 16.0. The molecule has 108 valence electrons. The molecule has 2 aromatic carbocycles. The summed E-state index contributed by atoms with van der Waals surface area (Å²) in [6.07, 6.45) is -1.58. The molecule has 5 nitrogen and oxygen atoms in total. The molecule has 0 bridgehead atoms. The highest BCUT2D eigenvalue weighted by Gasteiger charge is 2.21. The van der Waals surface area contributed by atoms with Crippen LogP contribution in [0.1, 0.15) is 18.7 Å². The molecule has 5 heteroatoms. The summed E-state index contributed by atoms with van der Waals surface area (Å²) in [7, 11) is 0. The van der Waals surface area contributed by atoms with Gasteiger partial charge in [0.15, 0.2) is 0 Å². The van der Waals surface area contributed by atoms with Gasteiger partial charge in [-0.2, -0.15) is 0 Å². The highest BCUT2D eigenvalue weighted by Crippen LogP contribution is 2.12. The first-order valence-electron chi connectivity index (χ1n) is 7.24. The Hall–Kier alpha value is -2.82. The van der Waals surface area contributed by atoms with Crippen LogP contribution >= 0.6 is 0 Å². The van der Waals surface area contributed by atoms with Crippen LogP contribution in [-0.2, 0) is 11.2 Å². The Bertz CT molecular complexity index is 706. The van der Waals surface area contributed by atoms with Crippen molar-refractivity contribution < 1.29 is 22.5 Å². The smallest absolute Gasteiger partial charge is 0.326 e. The summed E-state index contributed by atoms with van der Waals surface area (Å²) in [4.78, 5) is 23.6. The first-order chi connectivity index (χ1) is 10.8. The van der Waals surface area contributed by atoms with Gasteiger partial charge in [0.1, 0.15) is 11.8 Å². The minimum absolute atomic E-state index is 0.0415. The van der Waals surface area contributed by atoms with Crippen LogP contribution in [-0.4, -0.2) is 28.1 Å². The van der Waals surface area contributed by atoms with Gasteiger partial charge < -0.3 is 15.5 Å². The standard InChI is InChI=1S/C16H15NO4/c18-13-8-6-11(7-9-13)10-14(16(20)21)17-15(19)12-4-2-1-3-5-12/h1-9,14,18H,10H2,(H,17,19)(H,20,21)/t14-/m0/s1/i10D,14D/t10-,14-. The molecule has 0 saturated heterocycles. The first-order valence-corrected chi connectivity index (χ1v) is 6.16. The molecule has 0 aliphatic rings. The molecule has 0 spiro atoms. The number of carboxylic acid groups (broad SMARTS) is 1. The molecule has 0 fully saturated rings. The Morgan fingerprint density at radius 1 is 1.14 bits per heavy atom. The average molecular weight is 287 g/mol. The number of carbonyl (C=O) groups excluding carboxylic acids is 1. The van der Waals surface area contributed by atoms with Crippen molar-refractivity contribution in [2.45, 2.75) is 12.4 Å². The Morgan fingerprint density at radius 2 is 1.76 bits per heavy atom. The van der Waals surface area contributed by atoms with E-state index in [0.29, 0.717) is 0 Å². The second-order valence-corrected chi connectivity index (χ2v) is 4.27. The second kappa shape index (κ2) is 6.56. The maximum atomic E-state index is 12.1. The van der Waals surface area contributed by atoms with Gasteiger partial charge in [-0.3, -0.25) is 4.79 Å². The molecule has 2 aromatic rings. The van der Waals surface area contributed by atoms with Crippen molar-refractivity contribution >= 4 is 11.9 Å². The summed E-state index contributed by atoms with van der Waals surface area (Å²) >= 11 is 0. The fraction of sp³-hybridized carbons (Fsp3) is 0.125. The zero-order chi connectivity index (χ0) is 17.0. The molecule has 3 N–H and O–H groups in total. The molecule has 0 aliphatic carbocycles. The first kappa shape index (κ1) is 12.0. The predicted octanol–water partition coefficient (Wildman–Crippen LogP) is 1.82. The van der Waals surface area contributed by atoms with Gasteiger partial charge in [-0.15, -0.1) is 0 Å². The van der Waals surface area contributed by atoms with Crippen LogP contribution in [0.3, 0.4) is 0 Å². The summed E-state index contributed by atoms with van der Waals surface area (Å²) < 4.78 is 16.1. The number of aliphatic carboxylic acids is 1. The summed E-state index contributed by atoms with van der Waals surface area (Å²) in [5, 5.41) is 20.7. The highest BCUT2D eigenvalue weighted by molar-refractivity contribution is 5.96. The van der Waals surface area contributed by atoms with Crippen molar-refractivity contribution in [3.8, 4) is 5.75 Å². The fourth-order valence-corrected chi connectivity index (χ4v) is 1.67. The Labute approximate surface area is 124 Å². The van der Waals surface area contributed by atoms with Crippen molar-refractivity contribution in [1.29, 1.82) is 0 Å². The van der Waals surface area contributed by atoms with E-state index in [2.05, 4.69) is 5.32 Å². The van der Waals surface area contributed by atoms with Crippen molar-refractivity contribution in [2.24, 2.45) is 0 Å². The van der Waals surface area contributed by atoms with Gasteiger partial charge in [0.25, 0.3) is 5.91 Å². The monoisotopic (exact) mass is 287 g/mol. The molecule has 21 heavy (non-hydrogen) atoms. The lowest BCUT2D eigenvalue weighted by atomic mass is 10.1. The maximum absolute atomic E-state index is 12.1. The van der Waals surface area contributed by atoms with Crippen molar-refractivity contribution in [1.82, 2.24) is 5.32 Å². The van der Waals surface area contributed by atoms with Gasteiger partial charge >= 0.3 is 5.97 Å². The maximum Gasteiger partial charge on any atom is 0.326 e. The van der Waals surface area contributed by atoms with E-state index in [4.69, 9.17) is 2.74 Å². The minimum Gasteiger partial charge on any atom is -0.508 e. The fourth-order valence-electron chi connectivity index (χ4n) is 1.67. The van der Waals surface area contributed by atoms with Gasteiger partial charge in [0.2, 0.25) is 0 Å². The Balaban J connectivity index is 2.30. The van der Waals surface area contributed by atoms with Crippen molar-refractivity contribution in [3.63, 3.8) is 0 Å². The van der Waals surface area contributed by atoms with Gasteiger partial charge in [-0.1, -0.05) is 30.3 Å². The lowest BCUT2D eigenvalue weighted by molar-refractivity contribution is -0.139. The average Bonchev–Trinajstić information content (AvgIpc) is 2.55. The quantitative estimate of drug-likeness (QED) is 0.783. The number of aromatic hydroxyl groups is 1. The predicted molar refractivity (Wildman–Crippen MR) is 77.1 cm³/mol. The van der Waals surface area contributed by atoms with E-state index in [9.17, 15) is 19.8 Å². The second-order valence-electron chi connectivity index (χ2n) is 4.27. The summed E-state index contributed by atoms with van der Waals surface area (Å²) in [6.45, 7) is 0. The molecule has 0 saturated carbocycles. The van der Waals surface area contributed by atoms with Gasteiger partial charge in [-0.25, -0.2) is 4.79 Å². The van der Waals surface area contributed by atoms with E-state index < -0.39 is 24.3 Å². The molecule has 0 aromatic heterocycles. The minimum atomic E-state index is -2.57. The van der Waals surface area contributed by atoms with Gasteiger partial charge in [0.05, 0.1) is 1.37 Å². The van der Waals surface area contributed by atoms with E-state index in [1.54, 1.807) is 18.2 Å². The molecule has 2 atom stereocenters. The molecular formula is C16H15NO4. The number of hydrogen-bond donors (Lipinski definition) is 3. The van der Waals surface area contributed by atoms with Crippen LogP contribution in [0.25, 0.3) is 0 Å². The zero-order valence-electron chi connectivity index (χ0n) is 13.0. The number of benzene rings is 2. The van der Waals surface area contributed by atoms with E-state index in [0.717, 1.165) is 0 Å². The molecule has 0 aliphatic heterocycles. The number of carboxylic acids is 1. The van der Waals surface area contributed by atoms with Crippen LogP contribution in [0.15, 0.2) is 54.6 Å². The van der Waals surface area contributed by atoms with E-state index in [1.807, 2.05) is 0 Å². The number of carbonyl (C=O) groups is 2. The largest absolute Gasteiger partial charge is 0.508 e. The number of rotatable bonds is 5. The van der Waals surface area contributed by atoms with Crippen molar-refractivity contribution in [3.05, 3.63) is 65.7 Å². The van der Waals surface area contributed by atoms with Crippen LogP contribution in [0.2, 0.25) is 0 Å². The topological polar surface area (TPSA) is 86.6 Å². The Kier molecular flexibility index (Phi) is 3.74. The van der Waals surface area contributed by atoms with Crippen molar-refractivity contribution in [2.75, 3.05) is 0 Å². The van der Waals surface area contributed by atoms with Crippen LogP contribution in [0.5, 0.6) is 5.75 Å². The number of phenols is 1. The third kappa shape index (κ3) is 4.07. The molecule has 2 rings (SSSR count). The lowest BCUT2D eigenvalue weighted by Gasteiger charge is -2.14. The van der Waals surface area contributed by atoms with Crippen LogP contribution in [0.4, 0.5) is 0 Å². The summed E-state index contributed by atoms with van der Waals surface area (Å²) in [5.41, 5.74) is 0.386. The van der Waals surface area contributed by atoms with Gasteiger partial charge in [0, 0.05) is 13.3 Å².